The first-order valence-corrected chi connectivity index (χ1v) is 15.3. The molecule has 3 rings (SSSR count). The van der Waals surface area contributed by atoms with Crippen LogP contribution >= 0.6 is 11.8 Å². The van der Waals surface area contributed by atoms with Crippen molar-refractivity contribution in [1.82, 2.24) is 14.9 Å². The summed E-state index contributed by atoms with van der Waals surface area (Å²) in [5.41, 5.74) is 1.92. The van der Waals surface area contributed by atoms with Crippen LogP contribution in [0.1, 0.15) is 89.2 Å². The topological polar surface area (TPSA) is 67.7 Å². The van der Waals surface area contributed by atoms with Crippen LogP contribution in [-0.4, -0.2) is 45.6 Å². The van der Waals surface area contributed by atoms with Crippen molar-refractivity contribution in [2.75, 3.05) is 19.7 Å². The van der Waals surface area contributed by atoms with E-state index in [4.69, 9.17) is 4.74 Å². The summed E-state index contributed by atoms with van der Waals surface area (Å²) in [6, 6.07) is 6.87. The molecule has 0 saturated carbocycles. The van der Waals surface area contributed by atoms with Crippen molar-refractivity contribution >= 4 is 22.8 Å². The minimum Gasteiger partial charge on any atom is -0.464 e. The third-order valence-electron chi connectivity index (χ3n) is 6.77. The van der Waals surface area contributed by atoms with Crippen LogP contribution in [0.5, 0.6) is 6.01 Å². The van der Waals surface area contributed by atoms with Crippen LogP contribution in [0, 0.1) is 11.7 Å². The number of amides is 1. The molecular formula is C30H43FN4O2S. The smallest absolute Gasteiger partial charge is 0.316 e. The number of aliphatic imine (C=N–C) groups is 1. The lowest BCUT2D eigenvalue weighted by molar-refractivity contribution is -0.122. The van der Waals surface area contributed by atoms with Gasteiger partial charge in [-0.2, -0.15) is 4.99 Å². The molecule has 2 heterocycles. The standard InChI is InChI=1S/C30H43FN4O2S/c1-3-5-6-7-8-9-10-11-12-13-18-35-22-26(19-25-20-32-29(33-21-25)37-4-2)28(36)34-30(35)38-23-24-14-16-27(31)17-15-24/h14-17,20-21,26H,3-13,18-19,22-23H2,1-2H3. The molecule has 0 saturated heterocycles. The zero-order valence-electron chi connectivity index (χ0n) is 23.0. The molecule has 1 unspecified atom stereocenters. The van der Waals surface area contributed by atoms with E-state index < -0.39 is 0 Å². The van der Waals surface area contributed by atoms with E-state index in [9.17, 15) is 9.18 Å². The van der Waals surface area contributed by atoms with Crippen LogP contribution in [0.3, 0.4) is 0 Å². The van der Waals surface area contributed by atoms with Crippen molar-refractivity contribution in [2.45, 2.75) is 90.2 Å². The number of hydrogen-bond donors (Lipinski definition) is 0. The summed E-state index contributed by atoms with van der Waals surface area (Å²) in [5.74, 6) is 0.0838. The molecule has 1 aromatic carbocycles. The highest BCUT2D eigenvalue weighted by atomic mass is 32.2. The number of rotatable bonds is 17. The molecule has 6 nitrogen and oxygen atoms in total. The summed E-state index contributed by atoms with van der Waals surface area (Å²) in [7, 11) is 0. The van der Waals surface area contributed by atoms with Crippen LogP contribution < -0.4 is 4.74 Å². The fourth-order valence-corrected chi connectivity index (χ4v) is 5.59. The summed E-state index contributed by atoms with van der Waals surface area (Å²) in [5, 5.41) is 0.773. The molecule has 1 aromatic heterocycles. The number of ether oxygens (including phenoxy) is 1. The summed E-state index contributed by atoms with van der Waals surface area (Å²) >= 11 is 1.56. The molecule has 0 bridgehead atoms. The van der Waals surface area contributed by atoms with Gasteiger partial charge < -0.3 is 9.64 Å². The Bertz CT molecular complexity index is 985. The zero-order chi connectivity index (χ0) is 27.0. The summed E-state index contributed by atoms with van der Waals surface area (Å²) < 4.78 is 18.6. The Balaban J connectivity index is 1.53. The largest absolute Gasteiger partial charge is 0.464 e. The third kappa shape index (κ3) is 10.7. The lowest BCUT2D eigenvalue weighted by Gasteiger charge is -2.32. The summed E-state index contributed by atoms with van der Waals surface area (Å²) in [4.78, 5) is 28.2. The first-order chi connectivity index (χ1) is 18.6. The van der Waals surface area contributed by atoms with Crippen molar-refractivity contribution in [3.8, 4) is 6.01 Å². The molecule has 2 aromatic rings. The minimum atomic E-state index is -0.243. The molecule has 1 aliphatic heterocycles. The molecule has 38 heavy (non-hydrogen) atoms. The van der Waals surface area contributed by atoms with Gasteiger partial charge in [0, 0.05) is 31.2 Å². The highest BCUT2D eigenvalue weighted by Gasteiger charge is 2.29. The van der Waals surface area contributed by atoms with Gasteiger partial charge in [0.05, 0.1) is 12.5 Å². The molecule has 0 spiro atoms. The van der Waals surface area contributed by atoms with Crippen molar-refractivity contribution < 1.29 is 13.9 Å². The van der Waals surface area contributed by atoms with Crippen molar-refractivity contribution in [3.63, 3.8) is 0 Å². The number of hydrogen-bond acceptors (Lipinski definition) is 6. The van der Waals surface area contributed by atoms with Crippen LogP contribution in [0.15, 0.2) is 41.7 Å². The summed E-state index contributed by atoms with van der Waals surface area (Å²) in [6.45, 7) is 6.19. The summed E-state index contributed by atoms with van der Waals surface area (Å²) in [6.07, 6.45) is 16.9. The molecule has 0 aliphatic carbocycles. The van der Waals surface area contributed by atoms with Crippen LogP contribution in [0.25, 0.3) is 0 Å². The van der Waals surface area contributed by atoms with Gasteiger partial charge in [-0.1, -0.05) is 88.6 Å². The Hall–Kier alpha value is -2.48. The number of carbonyl (C=O) groups excluding carboxylic acids is 1. The fraction of sp³-hybridized carbons (Fsp3) is 0.600. The molecule has 1 atom stereocenters. The van der Waals surface area contributed by atoms with E-state index in [-0.39, 0.29) is 17.6 Å². The number of benzene rings is 1. The Morgan fingerprint density at radius 3 is 2.18 bits per heavy atom. The van der Waals surface area contributed by atoms with E-state index in [0.717, 1.165) is 29.3 Å². The van der Waals surface area contributed by atoms with E-state index in [1.165, 1.54) is 69.9 Å². The zero-order valence-corrected chi connectivity index (χ0v) is 23.9. The maximum absolute atomic E-state index is 13.3. The molecule has 8 heteroatoms. The van der Waals surface area contributed by atoms with E-state index in [1.54, 1.807) is 36.3 Å². The van der Waals surface area contributed by atoms with Gasteiger partial charge in [0.25, 0.3) is 5.91 Å². The molecular weight excluding hydrogens is 499 g/mol. The number of carbonyl (C=O) groups is 1. The quantitative estimate of drug-likeness (QED) is 0.197. The second kappa shape index (κ2) is 17.2. The van der Waals surface area contributed by atoms with Crippen molar-refractivity contribution in [3.05, 3.63) is 53.6 Å². The van der Waals surface area contributed by atoms with Gasteiger partial charge in [-0.25, -0.2) is 14.4 Å². The lowest BCUT2D eigenvalue weighted by atomic mass is 9.99. The van der Waals surface area contributed by atoms with Gasteiger partial charge in [0.15, 0.2) is 5.17 Å². The second-order valence-corrected chi connectivity index (χ2v) is 10.9. The van der Waals surface area contributed by atoms with Crippen LogP contribution in [0.2, 0.25) is 0 Å². The molecule has 1 amide bonds. The van der Waals surface area contributed by atoms with E-state index in [0.29, 0.717) is 31.3 Å². The molecule has 1 aliphatic rings. The van der Waals surface area contributed by atoms with Crippen LogP contribution in [-0.2, 0) is 17.0 Å². The highest BCUT2D eigenvalue weighted by molar-refractivity contribution is 8.13. The maximum atomic E-state index is 13.3. The SMILES string of the molecule is CCCCCCCCCCCCN1CC(Cc2cnc(OCC)nc2)C(=O)N=C1SCc1ccc(F)cc1. The predicted molar refractivity (Wildman–Crippen MR) is 154 cm³/mol. The van der Waals surface area contributed by atoms with Gasteiger partial charge in [-0.05, 0) is 43.0 Å². The lowest BCUT2D eigenvalue weighted by Crippen LogP contribution is -2.42. The number of aromatic nitrogens is 2. The van der Waals surface area contributed by atoms with Gasteiger partial charge in [0.2, 0.25) is 0 Å². The number of unbranched alkanes of at least 4 members (excludes halogenated alkanes) is 9. The van der Waals surface area contributed by atoms with Crippen molar-refractivity contribution in [2.24, 2.45) is 10.9 Å². The predicted octanol–water partition coefficient (Wildman–Crippen LogP) is 7.23. The average molecular weight is 543 g/mol. The number of thioether (sulfide) groups is 1. The van der Waals surface area contributed by atoms with Gasteiger partial charge in [-0.15, -0.1) is 0 Å². The Kier molecular flexibility index (Phi) is 13.6. The highest BCUT2D eigenvalue weighted by Crippen LogP contribution is 2.25. The van der Waals surface area contributed by atoms with Gasteiger partial charge in [0.1, 0.15) is 5.82 Å². The van der Waals surface area contributed by atoms with Gasteiger partial charge in [-0.3, -0.25) is 4.79 Å². The molecule has 0 N–H and O–H groups in total. The van der Waals surface area contributed by atoms with Gasteiger partial charge >= 0.3 is 6.01 Å². The number of halogens is 1. The number of amidine groups is 1. The van der Waals surface area contributed by atoms with Crippen molar-refractivity contribution in [1.29, 1.82) is 0 Å². The fourth-order valence-electron chi connectivity index (χ4n) is 4.60. The Morgan fingerprint density at radius 1 is 0.921 bits per heavy atom. The molecule has 0 fully saturated rings. The maximum Gasteiger partial charge on any atom is 0.316 e. The number of nitrogens with zero attached hydrogens (tertiary/aromatic N) is 4. The normalized spacial score (nSPS) is 15.6. The minimum absolute atomic E-state index is 0.0974. The Morgan fingerprint density at radius 2 is 1.55 bits per heavy atom. The molecule has 0 radical (unpaired) electrons. The van der Waals surface area contributed by atoms with Crippen LogP contribution in [0.4, 0.5) is 4.39 Å². The molecule has 208 valence electrons. The van der Waals surface area contributed by atoms with E-state index in [2.05, 4.69) is 26.8 Å². The first kappa shape index (κ1) is 30.1. The van der Waals surface area contributed by atoms with E-state index >= 15 is 0 Å². The first-order valence-electron chi connectivity index (χ1n) is 14.3. The monoisotopic (exact) mass is 542 g/mol. The third-order valence-corrected chi connectivity index (χ3v) is 7.85. The van der Waals surface area contributed by atoms with E-state index in [1.807, 2.05) is 6.92 Å². The average Bonchev–Trinajstić information content (AvgIpc) is 2.92. The second-order valence-electron chi connectivity index (χ2n) is 9.98. The Labute approximate surface area is 231 Å².